The van der Waals surface area contributed by atoms with Crippen LogP contribution >= 0.6 is 0 Å². The lowest BCUT2D eigenvalue weighted by Crippen LogP contribution is -1.99. The molecule has 1 fully saturated rings. The number of aliphatic hydroxyl groups is 1. The largest absolute Gasteiger partial charge is 0.463 e. The normalized spacial score (nSPS) is 24.2. The number of aryl methyl sites for hydroxylation is 1. The molecule has 2 heterocycles. The van der Waals surface area contributed by atoms with E-state index in [4.69, 9.17) is 4.42 Å². The average molecular weight is 246 g/mol. The van der Waals surface area contributed by atoms with Crippen LogP contribution in [0.15, 0.2) is 28.9 Å². The summed E-state index contributed by atoms with van der Waals surface area (Å²) in [4.78, 5) is 0. The summed E-state index contributed by atoms with van der Waals surface area (Å²) in [6, 6.07) is 3.89. The molecule has 4 nitrogen and oxygen atoms in total. The van der Waals surface area contributed by atoms with Gasteiger partial charge in [0.05, 0.1) is 6.20 Å². The summed E-state index contributed by atoms with van der Waals surface area (Å²) < 4.78 is 7.48. The molecular weight excluding hydrogens is 228 g/mol. The minimum atomic E-state index is -0.586. The molecule has 0 amide bonds. The molecule has 0 radical (unpaired) electrons. The van der Waals surface area contributed by atoms with Crippen molar-refractivity contribution >= 4 is 0 Å². The number of rotatable bonds is 4. The number of aromatic nitrogens is 2. The van der Waals surface area contributed by atoms with Crippen LogP contribution in [0.2, 0.25) is 0 Å². The van der Waals surface area contributed by atoms with Crippen LogP contribution in [0.4, 0.5) is 0 Å². The molecule has 0 aliphatic heterocycles. The second-order valence-electron chi connectivity index (χ2n) is 5.30. The maximum absolute atomic E-state index is 10.1. The summed E-state index contributed by atoms with van der Waals surface area (Å²) in [6.45, 7) is 2.22. The fourth-order valence-electron chi connectivity index (χ4n) is 2.37. The molecule has 0 saturated heterocycles. The summed E-state index contributed by atoms with van der Waals surface area (Å²) in [5.41, 5.74) is 1.02. The van der Waals surface area contributed by atoms with Crippen LogP contribution in [0.1, 0.15) is 42.5 Å². The standard InChI is InChI=1S/C14H18N2O2/c1-9-5-11(9)13-3-4-14(18-13)12(17)6-10-7-15-16(2)8-10/h3-4,7-9,11-12,17H,5-6H2,1-2H3. The Bertz CT molecular complexity index is 543. The first-order valence-corrected chi connectivity index (χ1v) is 6.38. The molecular formula is C14H18N2O2. The molecule has 3 atom stereocenters. The fourth-order valence-corrected chi connectivity index (χ4v) is 2.37. The van der Waals surface area contributed by atoms with Gasteiger partial charge in [-0.1, -0.05) is 6.92 Å². The second kappa shape index (κ2) is 4.28. The monoisotopic (exact) mass is 246 g/mol. The van der Waals surface area contributed by atoms with Crippen molar-refractivity contribution < 1.29 is 9.52 Å². The second-order valence-corrected chi connectivity index (χ2v) is 5.30. The quantitative estimate of drug-likeness (QED) is 0.901. The van der Waals surface area contributed by atoms with E-state index in [1.807, 2.05) is 25.4 Å². The van der Waals surface area contributed by atoms with Crippen molar-refractivity contribution in [3.63, 3.8) is 0 Å². The van der Waals surface area contributed by atoms with Crippen molar-refractivity contribution in [1.29, 1.82) is 0 Å². The van der Waals surface area contributed by atoms with Gasteiger partial charge in [0.15, 0.2) is 0 Å². The van der Waals surface area contributed by atoms with Gasteiger partial charge in [-0.25, -0.2) is 0 Å². The molecule has 2 aromatic rings. The van der Waals surface area contributed by atoms with Crippen LogP contribution in [-0.2, 0) is 13.5 Å². The van der Waals surface area contributed by atoms with Crippen molar-refractivity contribution in [1.82, 2.24) is 9.78 Å². The fraction of sp³-hybridized carbons (Fsp3) is 0.500. The molecule has 18 heavy (non-hydrogen) atoms. The van der Waals surface area contributed by atoms with Gasteiger partial charge in [0, 0.05) is 25.6 Å². The molecule has 0 spiro atoms. The van der Waals surface area contributed by atoms with Gasteiger partial charge in [-0.05, 0) is 30.0 Å². The first-order chi connectivity index (χ1) is 8.63. The zero-order chi connectivity index (χ0) is 12.7. The Morgan fingerprint density at radius 1 is 1.56 bits per heavy atom. The van der Waals surface area contributed by atoms with E-state index in [2.05, 4.69) is 12.0 Å². The van der Waals surface area contributed by atoms with Crippen LogP contribution < -0.4 is 0 Å². The maximum atomic E-state index is 10.1. The van der Waals surface area contributed by atoms with E-state index >= 15 is 0 Å². The van der Waals surface area contributed by atoms with Crippen molar-refractivity contribution in [2.75, 3.05) is 0 Å². The highest BCUT2D eigenvalue weighted by molar-refractivity contribution is 5.19. The lowest BCUT2D eigenvalue weighted by atomic mass is 10.1. The molecule has 2 aromatic heterocycles. The highest BCUT2D eigenvalue weighted by atomic mass is 16.4. The highest BCUT2D eigenvalue weighted by Gasteiger charge is 2.36. The van der Waals surface area contributed by atoms with Gasteiger partial charge in [-0.3, -0.25) is 4.68 Å². The maximum Gasteiger partial charge on any atom is 0.133 e. The summed E-state index contributed by atoms with van der Waals surface area (Å²) in [5.74, 6) is 2.96. The minimum Gasteiger partial charge on any atom is -0.463 e. The van der Waals surface area contributed by atoms with Gasteiger partial charge < -0.3 is 9.52 Å². The van der Waals surface area contributed by atoms with Gasteiger partial charge in [-0.15, -0.1) is 0 Å². The highest BCUT2D eigenvalue weighted by Crippen LogP contribution is 2.47. The van der Waals surface area contributed by atoms with E-state index in [9.17, 15) is 5.11 Å². The number of nitrogens with zero attached hydrogens (tertiary/aromatic N) is 2. The predicted octanol–water partition coefficient (Wildman–Crippen LogP) is 2.41. The molecule has 1 N–H and O–H groups in total. The van der Waals surface area contributed by atoms with Crippen LogP contribution in [0.3, 0.4) is 0 Å². The Kier molecular flexibility index (Phi) is 2.74. The smallest absolute Gasteiger partial charge is 0.133 e. The number of furan rings is 1. The third-order valence-corrected chi connectivity index (χ3v) is 3.64. The Hall–Kier alpha value is -1.55. The Morgan fingerprint density at radius 2 is 2.33 bits per heavy atom. The molecule has 3 rings (SSSR count). The summed E-state index contributed by atoms with van der Waals surface area (Å²) in [7, 11) is 1.87. The Labute approximate surface area is 106 Å². The first-order valence-electron chi connectivity index (χ1n) is 6.38. The molecule has 4 heteroatoms. The van der Waals surface area contributed by atoms with E-state index in [0.29, 0.717) is 18.1 Å². The SMILES string of the molecule is CC1CC1c1ccc(C(O)Cc2cnn(C)c2)o1. The Morgan fingerprint density at radius 3 is 2.94 bits per heavy atom. The third-order valence-electron chi connectivity index (χ3n) is 3.64. The van der Waals surface area contributed by atoms with Crippen LogP contribution in [0.5, 0.6) is 0 Å². The number of aliphatic hydroxyl groups excluding tert-OH is 1. The molecule has 1 saturated carbocycles. The van der Waals surface area contributed by atoms with E-state index in [-0.39, 0.29) is 0 Å². The average Bonchev–Trinajstić information content (AvgIpc) is 2.79. The lowest BCUT2D eigenvalue weighted by molar-refractivity contribution is 0.148. The van der Waals surface area contributed by atoms with Gasteiger partial charge in [0.1, 0.15) is 17.6 Å². The Balaban J connectivity index is 1.68. The van der Waals surface area contributed by atoms with Gasteiger partial charge in [0.25, 0.3) is 0 Å². The van der Waals surface area contributed by atoms with E-state index in [0.717, 1.165) is 17.2 Å². The van der Waals surface area contributed by atoms with Gasteiger partial charge in [0.2, 0.25) is 0 Å². The number of hydrogen-bond acceptors (Lipinski definition) is 3. The molecule has 1 aliphatic carbocycles. The van der Waals surface area contributed by atoms with Gasteiger partial charge in [-0.2, -0.15) is 5.10 Å². The van der Waals surface area contributed by atoms with Gasteiger partial charge >= 0.3 is 0 Å². The van der Waals surface area contributed by atoms with Crippen molar-refractivity contribution in [3.05, 3.63) is 41.6 Å². The molecule has 0 aromatic carbocycles. The topological polar surface area (TPSA) is 51.2 Å². The predicted molar refractivity (Wildman–Crippen MR) is 67.1 cm³/mol. The lowest BCUT2D eigenvalue weighted by Gasteiger charge is -2.05. The van der Waals surface area contributed by atoms with Crippen molar-refractivity contribution in [3.8, 4) is 0 Å². The van der Waals surface area contributed by atoms with Crippen LogP contribution in [-0.4, -0.2) is 14.9 Å². The zero-order valence-electron chi connectivity index (χ0n) is 10.7. The first kappa shape index (κ1) is 11.5. The summed E-state index contributed by atoms with van der Waals surface area (Å²) in [5, 5.41) is 14.2. The summed E-state index contributed by atoms with van der Waals surface area (Å²) in [6.07, 6.45) is 4.84. The molecule has 0 bridgehead atoms. The van der Waals surface area contributed by atoms with E-state index in [1.54, 1.807) is 10.9 Å². The molecule has 3 unspecified atom stereocenters. The third kappa shape index (κ3) is 2.20. The van der Waals surface area contributed by atoms with Crippen molar-refractivity contribution in [2.45, 2.75) is 31.8 Å². The number of hydrogen-bond donors (Lipinski definition) is 1. The molecule has 96 valence electrons. The summed E-state index contributed by atoms with van der Waals surface area (Å²) >= 11 is 0. The minimum absolute atomic E-state index is 0.543. The zero-order valence-corrected chi connectivity index (χ0v) is 10.7. The van der Waals surface area contributed by atoms with Crippen LogP contribution in [0, 0.1) is 5.92 Å². The van der Waals surface area contributed by atoms with Crippen LogP contribution in [0.25, 0.3) is 0 Å². The van der Waals surface area contributed by atoms with E-state index < -0.39 is 6.10 Å². The van der Waals surface area contributed by atoms with E-state index in [1.165, 1.54) is 6.42 Å². The van der Waals surface area contributed by atoms with Crippen molar-refractivity contribution in [2.24, 2.45) is 13.0 Å². The molecule has 1 aliphatic rings.